The standard InChI is InChI=1S/C17H26N2OS/c1-17(2,3)21-19-15-11-9-13(10-12-15)16(20)18-14-7-5-4-6-8-14/h9-12,14,19H,4-8H2,1-3H3,(H,18,20). The molecule has 1 aliphatic rings. The lowest BCUT2D eigenvalue weighted by Gasteiger charge is -2.22. The van der Waals surface area contributed by atoms with Gasteiger partial charge >= 0.3 is 0 Å². The molecule has 2 N–H and O–H groups in total. The Hall–Kier alpha value is -1.16. The van der Waals surface area contributed by atoms with Crippen LogP contribution in [0.25, 0.3) is 0 Å². The van der Waals surface area contributed by atoms with Gasteiger partial charge < -0.3 is 10.0 Å². The van der Waals surface area contributed by atoms with Crippen LogP contribution in [0.1, 0.15) is 63.2 Å². The quantitative estimate of drug-likeness (QED) is 0.798. The van der Waals surface area contributed by atoms with Gasteiger partial charge in [0.2, 0.25) is 0 Å². The first-order chi connectivity index (χ1) is 9.94. The van der Waals surface area contributed by atoms with Gasteiger partial charge in [0.05, 0.1) is 0 Å². The fraction of sp³-hybridized carbons (Fsp3) is 0.588. The number of benzene rings is 1. The molecule has 1 saturated carbocycles. The number of carbonyl (C=O) groups is 1. The Kier molecular flexibility index (Phi) is 5.57. The Bertz CT molecular complexity index is 459. The molecule has 1 aliphatic carbocycles. The van der Waals surface area contributed by atoms with Crippen LogP contribution in [-0.4, -0.2) is 16.7 Å². The van der Waals surface area contributed by atoms with E-state index in [4.69, 9.17) is 0 Å². The van der Waals surface area contributed by atoms with Crippen molar-refractivity contribution in [2.75, 3.05) is 4.72 Å². The summed E-state index contributed by atoms with van der Waals surface area (Å²) in [5.41, 5.74) is 1.77. The Morgan fingerprint density at radius 2 is 1.71 bits per heavy atom. The minimum absolute atomic E-state index is 0.0527. The Morgan fingerprint density at radius 3 is 2.29 bits per heavy atom. The van der Waals surface area contributed by atoms with E-state index in [-0.39, 0.29) is 10.7 Å². The molecule has 0 unspecified atom stereocenters. The van der Waals surface area contributed by atoms with Gasteiger partial charge in [0.15, 0.2) is 0 Å². The van der Waals surface area contributed by atoms with Gasteiger partial charge in [-0.3, -0.25) is 4.79 Å². The first-order valence-electron chi connectivity index (χ1n) is 7.79. The number of hydrogen-bond donors (Lipinski definition) is 2. The Morgan fingerprint density at radius 1 is 1.10 bits per heavy atom. The van der Waals surface area contributed by atoms with Gasteiger partial charge in [0.1, 0.15) is 0 Å². The molecule has 0 spiro atoms. The fourth-order valence-electron chi connectivity index (χ4n) is 2.42. The second-order valence-corrected chi connectivity index (χ2v) is 8.34. The van der Waals surface area contributed by atoms with Crippen LogP contribution in [0.15, 0.2) is 24.3 Å². The van der Waals surface area contributed by atoms with E-state index in [2.05, 4.69) is 30.8 Å². The summed E-state index contributed by atoms with van der Waals surface area (Å²) in [6.07, 6.45) is 6.01. The maximum atomic E-state index is 12.2. The lowest BCUT2D eigenvalue weighted by Crippen LogP contribution is -2.36. The average molecular weight is 306 g/mol. The normalized spacial score (nSPS) is 16.5. The zero-order valence-corrected chi connectivity index (χ0v) is 14.1. The topological polar surface area (TPSA) is 41.1 Å². The predicted octanol–water partition coefficient (Wildman–Crippen LogP) is 4.61. The van der Waals surface area contributed by atoms with Crippen LogP contribution >= 0.6 is 11.9 Å². The smallest absolute Gasteiger partial charge is 0.251 e. The summed E-state index contributed by atoms with van der Waals surface area (Å²) in [7, 11) is 0. The van der Waals surface area contributed by atoms with Gasteiger partial charge in [0.25, 0.3) is 5.91 Å². The molecule has 1 aromatic carbocycles. The van der Waals surface area contributed by atoms with Crippen LogP contribution < -0.4 is 10.0 Å². The molecule has 0 bridgehead atoms. The van der Waals surface area contributed by atoms with E-state index in [0.29, 0.717) is 6.04 Å². The summed E-state index contributed by atoms with van der Waals surface area (Å²) in [6.45, 7) is 6.49. The lowest BCUT2D eigenvalue weighted by atomic mass is 9.95. The summed E-state index contributed by atoms with van der Waals surface area (Å²) >= 11 is 1.68. The predicted molar refractivity (Wildman–Crippen MR) is 91.7 cm³/mol. The average Bonchev–Trinajstić information content (AvgIpc) is 2.46. The highest BCUT2D eigenvalue weighted by molar-refractivity contribution is 8.01. The van der Waals surface area contributed by atoms with Crippen molar-refractivity contribution in [2.24, 2.45) is 0 Å². The molecule has 0 saturated heterocycles. The van der Waals surface area contributed by atoms with E-state index in [1.54, 1.807) is 11.9 Å². The van der Waals surface area contributed by atoms with Crippen LogP contribution in [0.3, 0.4) is 0 Å². The summed E-state index contributed by atoms with van der Waals surface area (Å²) in [4.78, 5) is 12.2. The molecule has 0 radical (unpaired) electrons. The van der Waals surface area contributed by atoms with E-state index < -0.39 is 0 Å². The first kappa shape index (κ1) is 16.2. The number of rotatable bonds is 4. The Balaban J connectivity index is 1.87. The first-order valence-corrected chi connectivity index (χ1v) is 8.61. The van der Waals surface area contributed by atoms with Crippen molar-refractivity contribution in [3.05, 3.63) is 29.8 Å². The molecule has 2 rings (SSSR count). The van der Waals surface area contributed by atoms with Crippen LogP contribution in [0, 0.1) is 0 Å². The van der Waals surface area contributed by atoms with E-state index in [1.165, 1.54) is 19.3 Å². The SMILES string of the molecule is CC(C)(C)SNc1ccc(C(=O)NC2CCCCC2)cc1. The van der Waals surface area contributed by atoms with E-state index >= 15 is 0 Å². The number of hydrogen-bond acceptors (Lipinski definition) is 3. The highest BCUT2D eigenvalue weighted by Gasteiger charge is 2.16. The minimum atomic E-state index is 0.0527. The number of carbonyl (C=O) groups excluding carboxylic acids is 1. The summed E-state index contributed by atoms with van der Waals surface area (Å²) in [5.74, 6) is 0.0527. The van der Waals surface area contributed by atoms with Crippen molar-refractivity contribution < 1.29 is 4.79 Å². The van der Waals surface area contributed by atoms with Gasteiger partial charge in [-0.1, -0.05) is 19.3 Å². The molecule has 0 aliphatic heterocycles. The molecule has 3 nitrogen and oxygen atoms in total. The summed E-state index contributed by atoms with van der Waals surface area (Å²) in [5, 5.41) is 3.15. The second-order valence-electron chi connectivity index (χ2n) is 6.70. The highest BCUT2D eigenvalue weighted by atomic mass is 32.2. The maximum Gasteiger partial charge on any atom is 0.251 e. The van der Waals surface area contributed by atoms with Gasteiger partial charge in [-0.05, 0) is 69.8 Å². The van der Waals surface area contributed by atoms with E-state index in [9.17, 15) is 4.79 Å². The Labute approximate surface area is 132 Å². The van der Waals surface area contributed by atoms with E-state index in [0.717, 1.165) is 24.1 Å². The van der Waals surface area contributed by atoms with Crippen molar-refractivity contribution in [3.8, 4) is 0 Å². The van der Waals surface area contributed by atoms with Crippen LogP contribution in [0.5, 0.6) is 0 Å². The molecule has 0 aromatic heterocycles. The summed E-state index contributed by atoms with van der Waals surface area (Å²) < 4.78 is 3.48. The molecule has 116 valence electrons. The molecule has 1 fully saturated rings. The molecule has 1 amide bonds. The van der Waals surface area contributed by atoms with Crippen molar-refractivity contribution >= 4 is 23.5 Å². The molecule has 4 heteroatoms. The molecule has 0 atom stereocenters. The van der Waals surface area contributed by atoms with Crippen LogP contribution in [0.4, 0.5) is 5.69 Å². The number of nitrogens with one attached hydrogen (secondary N) is 2. The minimum Gasteiger partial charge on any atom is -0.349 e. The van der Waals surface area contributed by atoms with Crippen LogP contribution in [-0.2, 0) is 0 Å². The lowest BCUT2D eigenvalue weighted by molar-refractivity contribution is 0.0928. The molecular formula is C17H26N2OS. The zero-order valence-electron chi connectivity index (χ0n) is 13.2. The molecule has 21 heavy (non-hydrogen) atoms. The highest BCUT2D eigenvalue weighted by Crippen LogP contribution is 2.25. The third-order valence-corrected chi connectivity index (χ3v) is 4.51. The van der Waals surface area contributed by atoms with Crippen LogP contribution in [0.2, 0.25) is 0 Å². The third-order valence-electron chi connectivity index (χ3n) is 3.56. The largest absolute Gasteiger partial charge is 0.349 e. The number of anilines is 1. The van der Waals surface area contributed by atoms with Crippen molar-refractivity contribution in [2.45, 2.75) is 63.7 Å². The summed E-state index contributed by atoms with van der Waals surface area (Å²) in [6, 6.07) is 8.08. The van der Waals surface area contributed by atoms with Gasteiger partial charge in [0, 0.05) is 22.0 Å². The molecule has 0 heterocycles. The van der Waals surface area contributed by atoms with Crippen molar-refractivity contribution in [1.82, 2.24) is 5.32 Å². The molecular weight excluding hydrogens is 280 g/mol. The molecule has 1 aromatic rings. The van der Waals surface area contributed by atoms with Crippen molar-refractivity contribution in [3.63, 3.8) is 0 Å². The van der Waals surface area contributed by atoms with Gasteiger partial charge in [-0.2, -0.15) is 0 Å². The number of amides is 1. The monoisotopic (exact) mass is 306 g/mol. The second kappa shape index (κ2) is 7.21. The zero-order chi connectivity index (χ0) is 15.3. The maximum absolute atomic E-state index is 12.2. The third kappa shape index (κ3) is 5.62. The van der Waals surface area contributed by atoms with Gasteiger partial charge in [-0.15, -0.1) is 0 Å². The van der Waals surface area contributed by atoms with Gasteiger partial charge in [-0.25, -0.2) is 0 Å². The van der Waals surface area contributed by atoms with Crippen molar-refractivity contribution in [1.29, 1.82) is 0 Å². The fourth-order valence-corrected chi connectivity index (χ4v) is 2.98. The van der Waals surface area contributed by atoms with E-state index in [1.807, 2.05) is 24.3 Å².